The molecule has 0 radical (unpaired) electrons. The number of hydrogen-bond acceptors (Lipinski definition) is 3. The van der Waals surface area contributed by atoms with Crippen LogP contribution in [0, 0.1) is 11.8 Å². The van der Waals surface area contributed by atoms with Crippen molar-refractivity contribution in [1.82, 2.24) is 10.2 Å². The number of carbonyl (C=O) groups is 2. The Balaban J connectivity index is 1.79. The summed E-state index contributed by atoms with van der Waals surface area (Å²) < 4.78 is 0. The zero-order chi connectivity index (χ0) is 11.7. The van der Waals surface area contributed by atoms with Gasteiger partial charge in [-0.25, -0.2) is 0 Å². The molecule has 0 spiro atoms. The summed E-state index contributed by atoms with van der Waals surface area (Å²) in [6.07, 6.45) is 1.97. The SMILES string of the molecule is CC(C(=O)O)C1CN(C(=O)C2CCCN2)C1. The first-order valence-electron chi connectivity index (χ1n) is 5.84. The molecule has 5 nitrogen and oxygen atoms in total. The average molecular weight is 226 g/mol. The summed E-state index contributed by atoms with van der Waals surface area (Å²) in [4.78, 5) is 24.4. The summed E-state index contributed by atoms with van der Waals surface area (Å²) >= 11 is 0. The monoisotopic (exact) mass is 226 g/mol. The molecule has 0 aromatic rings. The highest BCUT2D eigenvalue weighted by Crippen LogP contribution is 2.25. The van der Waals surface area contributed by atoms with Crippen LogP contribution in [0.3, 0.4) is 0 Å². The van der Waals surface area contributed by atoms with Crippen LogP contribution in [0.25, 0.3) is 0 Å². The number of carbonyl (C=O) groups excluding carboxylic acids is 1. The third-order valence-electron chi connectivity index (χ3n) is 3.68. The Kier molecular flexibility index (Phi) is 3.14. The minimum absolute atomic E-state index is 0.0268. The second-order valence-corrected chi connectivity index (χ2v) is 4.78. The van der Waals surface area contributed by atoms with E-state index in [0.717, 1.165) is 19.4 Å². The van der Waals surface area contributed by atoms with E-state index in [4.69, 9.17) is 5.11 Å². The van der Waals surface area contributed by atoms with Gasteiger partial charge in [0.25, 0.3) is 0 Å². The van der Waals surface area contributed by atoms with Crippen molar-refractivity contribution >= 4 is 11.9 Å². The molecule has 16 heavy (non-hydrogen) atoms. The van der Waals surface area contributed by atoms with Crippen molar-refractivity contribution in [1.29, 1.82) is 0 Å². The van der Waals surface area contributed by atoms with E-state index in [0.29, 0.717) is 13.1 Å². The second kappa shape index (κ2) is 4.41. The predicted molar refractivity (Wildman–Crippen MR) is 57.9 cm³/mol. The number of nitrogens with one attached hydrogen (secondary N) is 1. The molecule has 0 aromatic carbocycles. The number of aliphatic carboxylic acids is 1. The lowest BCUT2D eigenvalue weighted by molar-refractivity contribution is -0.151. The number of nitrogens with zero attached hydrogens (tertiary/aromatic N) is 1. The molecule has 0 aromatic heterocycles. The third kappa shape index (κ3) is 2.04. The molecule has 2 rings (SSSR count). The van der Waals surface area contributed by atoms with Crippen molar-refractivity contribution in [3.8, 4) is 0 Å². The summed E-state index contributed by atoms with van der Waals surface area (Å²) in [5.41, 5.74) is 0. The topological polar surface area (TPSA) is 69.6 Å². The predicted octanol–water partition coefficient (Wildman–Crippen LogP) is -0.0825. The fourth-order valence-electron chi connectivity index (χ4n) is 2.33. The maximum Gasteiger partial charge on any atom is 0.306 e. The molecule has 0 saturated carbocycles. The highest BCUT2D eigenvalue weighted by atomic mass is 16.4. The number of rotatable bonds is 3. The number of hydrogen-bond donors (Lipinski definition) is 2. The van der Waals surface area contributed by atoms with Gasteiger partial charge in [0.2, 0.25) is 5.91 Å². The zero-order valence-electron chi connectivity index (χ0n) is 9.48. The zero-order valence-corrected chi connectivity index (χ0v) is 9.48. The minimum atomic E-state index is -0.768. The average Bonchev–Trinajstić information content (AvgIpc) is 2.67. The fourth-order valence-corrected chi connectivity index (χ4v) is 2.33. The molecule has 0 aliphatic carbocycles. The van der Waals surface area contributed by atoms with Gasteiger partial charge in [-0.05, 0) is 19.4 Å². The van der Waals surface area contributed by atoms with Gasteiger partial charge in [0.05, 0.1) is 12.0 Å². The summed E-state index contributed by atoms with van der Waals surface area (Å²) in [5, 5.41) is 12.0. The van der Waals surface area contributed by atoms with Gasteiger partial charge in [-0.2, -0.15) is 0 Å². The van der Waals surface area contributed by atoms with E-state index in [1.165, 1.54) is 0 Å². The lowest BCUT2D eigenvalue weighted by atomic mass is 9.86. The molecule has 2 atom stereocenters. The van der Waals surface area contributed by atoms with Gasteiger partial charge in [0.1, 0.15) is 0 Å². The van der Waals surface area contributed by atoms with Crippen LogP contribution in [0.5, 0.6) is 0 Å². The van der Waals surface area contributed by atoms with Crippen molar-refractivity contribution < 1.29 is 14.7 Å². The number of carboxylic acid groups (broad SMARTS) is 1. The van der Waals surface area contributed by atoms with Gasteiger partial charge in [0, 0.05) is 19.0 Å². The quantitative estimate of drug-likeness (QED) is 0.706. The highest BCUT2D eigenvalue weighted by Gasteiger charge is 2.39. The van der Waals surface area contributed by atoms with Crippen molar-refractivity contribution in [2.75, 3.05) is 19.6 Å². The van der Waals surface area contributed by atoms with Crippen LogP contribution in [0.2, 0.25) is 0 Å². The normalized spacial score (nSPS) is 27.6. The summed E-state index contributed by atoms with van der Waals surface area (Å²) in [6.45, 7) is 3.83. The van der Waals surface area contributed by atoms with E-state index in [-0.39, 0.29) is 23.8 Å². The van der Waals surface area contributed by atoms with Crippen LogP contribution in [0.1, 0.15) is 19.8 Å². The van der Waals surface area contributed by atoms with Crippen LogP contribution < -0.4 is 5.32 Å². The first-order chi connectivity index (χ1) is 7.59. The lowest BCUT2D eigenvalue weighted by Gasteiger charge is -2.42. The minimum Gasteiger partial charge on any atom is -0.481 e. The van der Waals surface area contributed by atoms with E-state index in [2.05, 4.69) is 5.32 Å². The molecule has 2 aliphatic heterocycles. The Morgan fingerprint density at radius 1 is 1.44 bits per heavy atom. The molecule has 2 fully saturated rings. The van der Waals surface area contributed by atoms with Crippen molar-refractivity contribution in [3.05, 3.63) is 0 Å². The van der Waals surface area contributed by atoms with E-state index < -0.39 is 5.97 Å². The first kappa shape index (κ1) is 11.4. The molecule has 1 amide bonds. The van der Waals surface area contributed by atoms with Crippen LogP contribution in [0.4, 0.5) is 0 Å². The van der Waals surface area contributed by atoms with Gasteiger partial charge in [-0.1, -0.05) is 6.92 Å². The Hall–Kier alpha value is -1.10. The van der Waals surface area contributed by atoms with Gasteiger partial charge in [-0.3, -0.25) is 9.59 Å². The standard InChI is InChI=1S/C11H18N2O3/c1-7(11(15)16)8-5-13(6-8)10(14)9-3-2-4-12-9/h7-9,12H,2-6H2,1H3,(H,15,16). The molecule has 2 aliphatic rings. The Morgan fingerprint density at radius 2 is 2.12 bits per heavy atom. The van der Waals surface area contributed by atoms with Crippen molar-refractivity contribution in [3.63, 3.8) is 0 Å². The van der Waals surface area contributed by atoms with Crippen LogP contribution in [-0.4, -0.2) is 47.6 Å². The van der Waals surface area contributed by atoms with E-state index in [1.54, 1.807) is 11.8 Å². The summed E-state index contributed by atoms with van der Waals surface area (Å²) in [7, 11) is 0. The first-order valence-corrected chi connectivity index (χ1v) is 5.84. The van der Waals surface area contributed by atoms with Crippen LogP contribution in [0.15, 0.2) is 0 Å². The Labute approximate surface area is 94.8 Å². The largest absolute Gasteiger partial charge is 0.481 e. The molecule has 90 valence electrons. The fraction of sp³-hybridized carbons (Fsp3) is 0.818. The molecular formula is C11H18N2O3. The van der Waals surface area contributed by atoms with Crippen LogP contribution in [-0.2, 0) is 9.59 Å². The number of amides is 1. The Bertz CT molecular complexity index is 294. The maximum absolute atomic E-state index is 11.9. The Morgan fingerprint density at radius 3 is 2.62 bits per heavy atom. The van der Waals surface area contributed by atoms with Crippen LogP contribution >= 0.6 is 0 Å². The van der Waals surface area contributed by atoms with Gasteiger partial charge in [-0.15, -0.1) is 0 Å². The molecule has 5 heteroatoms. The van der Waals surface area contributed by atoms with Crippen molar-refractivity contribution in [2.24, 2.45) is 11.8 Å². The molecule has 2 saturated heterocycles. The van der Waals surface area contributed by atoms with Gasteiger partial charge in [0.15, 0.2) is 0 Å². The molecular weight excluding hydrogens is 208 g/mol. The van der Waals surface area contributed by atoms with E-state index in [1.807, 2.05) is 0 Å². The highest BCUT2D eigenvalue weighted by molar-refractivity contribution is 5.83. The smallest absolute Gasteiger partial charge is 0.306 e. The van der Waals surface area contributed by atoms with Gasteiger partial charge >= 0.3 is 5.97 Å². The maximum atomic E-state index is 11.9. The molecule has 2 unspecified atom stereocenters. The van der Waals surface area contributed by atoms with Crippen molar-refractivity contribution in [2.45, 2.75) is 25.8 Å². The number of likely N-dealkylation sites (tertiary alicyclic amines) is 1. The second-order valence-electron chi connectivity index (χ2n) is 4.78. The summed E-state index contributed by atoms with van der Waals surface area (Å²) in [5.74, 6) is -0.842. The van der Waals surface area contributed by atoms with E-state index >= 15 is 0 Å². The third-order valence-corrected chi connectivity index (χ3v) is 3.68. The summed E-state index contributed by atoms with van der Waals surface area (Å²) in [6, 6.07) is -0.0268. The number of carboxylic acids is 1. The van der Waals surface area contributed by atoms with Gasteiger partial charge < -0.3 is 15.3 Å². The molecule has 2 heterocycles. The molecule has 2 N–H and O–H groups in total. The lowest BCUT2D eigenvalue weighted by Crippen LogP contribution is -2.57. The molecule has 0 bridgehead atoms. The van der Waals surface area contributed by atoms with E-state index in [9.17, 15) is 9.59 Å².